The SMILES string of the molecule is CN=C(c1ccccc1)c1c(C)cc(CC(=O)OC)n1C. The molecule has 0 N–H and O–H groups in total. The van der Waals surface area contributed by atoms with Crippen molar-refractivity contribution in [2.45, 2.75) is 13.3 Å². The first-order valence-electron chi connectivity index (χ1n) is 6.83. The summed E-state index contributed by atoms with van der Waals surface area (Å²) in [5.74, 6) is -0.239. The minimum atomic E-state index is -0.239. The third kappa shape index (κ3) is 3.05. The lowest BCUT2D eigenvalue weighted by atomic mass is 10.0. The van der Waals surface area contributed by atoms with Crippen LogP contribution >= 0.6 is 0 Å². The fourth-order valence-electron chi connectivity index (χ4n) is 2.53. The highest BCUT2D eigenvalue weighted by Gasteiger charge is 2.17. The molecule has 4 heteroatoms. The Labute approximate surface area is 125 Å². The van der Waals surface area contributed by atoms with Crippen LogP contribution in [0.2, 0.25) is 0 Å². The number of aliphatic imine (C=N–C) groups is 1. The number of rotatable bonds is 4. The van der Waals surface area contributed by atoms with E-state index in [-0.39, 0.29) is 12.4 Å². The highest BCUT2D eigenvalue weighted by molar-refractivity contribution is 6.12. The van der Waals surface area contributed by atoms with Crippen LogP contribution in [0.4, 0.5) is 0 Å². The zero-order valence-corrected chi connectivity index (χ0v) is 12.9. The fourth-order valence-corrected chi connectivity index (χ4v) is 2.53. The number of hydrogen-bond acceptors (Lipinski definition) is 3. The van der Waals surface area contributed by atoms with Crippen LogP contribution in [0, 0.1) is 6.92 Å². The number of carbonyl (C=O) groups excluding carboxylic acids is 1. The molecule has 0 unspecified atom stereocenters. The Bertz CT molecular complexity index is 670. The molecule has 2 rings (SSSR count). The van der Waals surface area contributed by atoms with E-state index in [0.29, 0.717) is 0 Å². The summed E-state index contributed by atoms with van der Waals surface area (Å²) in [7, 11) is 5.14. The molecular formula is C17H20N2O2. The molecule has 0 fully saturated rings. The van der Waals surface area contributed by atoms with E-state index in [1.165, 1.54) is 7.11 Å². The summed E-state index contributed by atoms with van der Waals surface area (Å²) >= 11 is 0. The van der Waals surface area contributed by atoms with Crippen LogP contribution in [0.5, 0.6) is 0 Å². The number of benzene rings is 1. The second kappa shape index (κ2) is 6.39. The van der Waals surface area contributed by atoms with Crippen LogP contribution < -0.4 is 0 Å². The van der Waals surface area contributed by atoms with Crippen molar-refractivity contribution >= 4 is 11.7 Å². The van der Waals surface area contributed by atoms with E-state index in [0.717, 1.165) is 28.2 Å². The van der Waals surface area contributed by atoms with E-state index in [9.17, 15) is 4.79 Å². The van der Waals surface area contributed by atoms with Crippen LogP contribution in [-0.4, -0.2) is 30.4 Å². The minimum absolute atomic E-state index is 0.239. The Hall–Kier alpha value is -2.36. The van der Waals surface area contributed by atoms with E-state index in [2.05, 4.69) is 4.99 Å². The van der Waals surface area contributed by atoms with Crippen molar-refractivity contribution in [2.24, 2.45) is 12.0 Å². The van der Waals surface area contributed by atoms with E-state index < -0.39 is 0 Å². The highest BCUT2D eigenvalue weighted by Crippen LogP contribution is 2.19. The molecule has 0 aliphatic rings. The largest absolute Gasteiger partial charge is 0.469 e. The van der Waals surface area contributed by atoms with Gasteiger partial charge in [0.05, 0.1) is 24.9 Å². The second-order valence-electron chi connectivity index (χ2n) is 4.92. The molecule has 0 aliphatic heterocycles. The molecule has 2 aromatic rings. The summed E-state index contributed by atoms with van der Waals surface area (Å²) in [6.45, 7) is 2.03. The van der Waals surface area contributed by atoms with Gasteiger partial charge in [-0.25, -0.2) is 0 Å². The first-order chi connectivity index (χ1) is 10.1. The standard InChI is InChI=1S/C17H20N2O2/c1-12-10-14(11-15(20)21-4)19(3)17(12)16(18-2)13-8-6-5-7-9-13/h5-10H,11H2,1-4H3. The van der Waals surface area contributed by atoms with Gasteiger partial charge in [-0.05, 0) is 18.6 Å². The Balaban J connectivity index is 2.46. The third-order valence-electron chi connectivity index (χ3n) is 3.57. The normalized spacial score (nSPS) is 11.5. The second-order valence-corrected chi connectivity index (χ2v) is 4.92. The highest BCUT2D eigenvalue weighted by atomic mass is 16.5. The maximum atomic E-state index is 11.5. The smallest absolute Gasteiger partial charge is 0.311 e. The molecule has 0 aliphatic carbocycles. The number of ether oxygens (including phenoxy) is 1. The molecule has 0 radical (unpaired) electrons. The van der Waals surface area contributed by atoms with Crippen molar-refractivity contribution in [3.63, 3.8) is 0 Å². The third-order valence-corrected chi connectivity index (χ3v) is 3.57. The van der Waals surface area contributed by atoms with E-state index in [1.54, 1.807) is 7.05 Å². The average Bonchev–Trinajstić information content (AvgIpc) is 2.77. The van der Waals surface area contributed by atoms with Crippen molar-refractivity contribution in [1.82, 2.24) is 4.57 Å². The number of hydrogen-bond donors (Lipinski definition) is 0. The first kappa shape index (κ1) is 15.0. The van der Waals surface area contributed by atoms with Crippen LogP contribution in [-0.2, 0) is 23.0 Å². The lowest BCUT2D eigenvalue weighted by Gasteiger charge is -2.11. The lowest BCUT2D eigenvalue weighted by molar-refractivity contribution is -0.139. The van der Waals surface area contributed by atoms with Crippen molar-refractivity contribution in [1.29, 1.82) is 0 Å². The summed E-state index contributed by atoms with van der Waals surface area (Å²) in [5.41, 5.74) is 5.04. The van der Waals surface area contributed by atoms with Crippen molar-refractivity contribution in [3.05, 3.63) is 58.9 Å². The van der Waals surface area contributed by atoms with Gasteiger partial charge in [-0.15, -0.1) is 0 Å². The first-order valence-corrected chi connectivity index (χ1v) is 6.83. The number of carbonyl (C=O) groups is 1. The molecule has 0 saturated carbocycles. The predicted octanol–water partition coefficient (Wildman–Crippen LogP) is 2.52. The van der Waals surface area contributed by atoms with Gasteiger partial charge in [-0.1, -0.05) is 30.3 Å². The summed E-state index contributed by atoms with van der Waals surface area (Å²) in [6, 6.07) is 12.1. The van der Waals surface area contributed by atoms with Gasteiger partial charge in [-0.3, -0.25) is 9.79 Å². The molecule has 0 saturated heterocycles. The van der Waals surface area contributed by atoms with Gasteiger partial charge < -0.3 is 9.30 Å². The van der Waals surface area contributed by atoms with Gasteiger partial charge in [0, 0.05) is 25.4 Å². The zero-order chi connectivity index (χ0) is 15.4. The van der Waals surface area contributed by atoms with Crippen molar-refractivity contribution < 1.29 is 9.53 Å². The molecule has 0 bridgehead atoms. The molecule has 21 heavy (non-hydrogen) atoms. The summed E-state index contributed by atoms with van der Waals surface area (Å²) in [4.78, 5) is 15.9. The minimum Gasteiger partial charge on any atom is -0.469 e. The average molecular weight is 284 g/mol. The van der Waals surface area contributed by atoms with Crippen LogP contribution in [0.25, 0.3) is 0 Å². The van der Waals surface area contributed by atoms with Gasteiger partial charge in [-0.2, -0.15) is 0 Å². The Morgan fingerprint density at radius 2 is 1.95 bits per heavy atom. The molecule has 1 heterocycles. The van der Waals surface area contributed by atoms with Crippen molar-refractivity contribution in [2.75, 3.05) is 14.2 Å². The molecule has 1 aromatic carbocycles. The van der Waals surface area contributed by atoms with Gasteiger partial charge in [0.1, 0.15) is 0 Å². The molecule has 0 atom stereocenters. The lowest BCUT2D eigenvalue weighted by Crippen LogP contribution is -2.14. The van der Waals surface area contributed by atoms with E-state index >= 15 is 0 Å². The number of aromatic nitrogens is 1. The predicted molar refractivity (Wildman–Crippen MR) is 83.9 cm³/mol. The fraction of sp³-hybridized carbons (Fsp3) is 0.294. The monoisotopic (exact) mass is 284 g/mol. The summed E-state index contributed by atoms with van der Waals surface area (Å²) in [5, 5.41) is 0. The number of aryl methyl sites for hydroxylation is 1. The molecule has 110 valence electrons. The number of nitrogens with zero attached hydrogens (tertiary/aromatic N) is 2. The molecule has 1 aromatic heterocycles. The van der Waals surface area contributed by atoms with Crippen molar-refractivity contribution in [3.8, 4) is 0 Å². The Kier molecular flexibility index (Phi) is 4.58. The maximum absolute atomic E-state index is 11.5. The van der Waals surface area contributed by atoms with Crippen LogP contribution in [0.1, 0.15) is 22.5 Å². The molecule has 0 amide bonds. The maximum Gasteiger partial charge on any atom is 0.311 e. The topological polar surface area (TPSA) is 43.6 Å². The van der Waals surface area contributed by atoms with Gasteiger partial charge in [0.25, 0.3) is 0 Å². The van der Waals surface area contributed by atoms with Crippen LogP contribution in [0.15, 0.2) is 41.4 Å². The van der Waals surface area contributed by atoms with E-state index in [1.807, 2.05) is 54.9 Å². The summed E-state index contributed by atoms with van der Waals surface area (Å²) in [6.07, 6.45) is 0.264. The number of methoxy groups -OCH3 is 1. The van der Waals surface area contributed by atoms with E-state index in [4.69, 9.17) is 4.74 Å². The van der Waals surface area contributed by atoms with Gasteiger partial charge in [0.2, 0.25) is 0 Å². The zero-order valence-electron chi connectivity index (χ0n) is 12.9. The quantitative estimate of drug-likeness (QED) is 0.639. The molecule has 0 spiro atoms. The Morgan fingerprint density at radius 3 is 2.52 bits per heavy atom. The summed E-state index contributed by atoms with van der Waals surface area (Å²) < 4.78 is 6.76. The molecular weight excluding hydrogens is 264 g/mol. The molecule has 4 nitrogen and oxygen atoms in total. The van der Waals surface area contributed by atoms with Gasteiger partial charge in [0.15, 0.2) is 0 Å². The number of esters is 1. The van der Waals surface area contributed by atoms with Gasteiger partial charge >= 0.3 is 5.97 Å². The van der Waals surface area contributed by atoms with Crippen LogP contribution in [0.3, 0.4) is 0 Å². The Morgan fingerprint density at radius 1 is 1.29 bits per heavy atom.